The van der Waals surface area contributed by atoms with Crippen LogP contribution in [-0.2, 0) is 4.79 Å². The Hall–Kier alpha value is -1.12. The molecular formula is C14H18N2OS2. The number of hydrogen-bond acceptors (Lipinski definition) is 4. The van der Waals surface area contributed by atoms with E-state index in [1.165, 1.54) is 0 Å². The van der Waals surface area contributed by atoms with Crippen molar-refractivity contribution in [3.8, 4) is 6.07 Å². The normalized spacial score (nSPS) is 10.2. The first kappa shape index (κ1) is 15.9. The van der Waals surface area contributed by atoms with Gasteiger partial charge in [0.1, 0.15) is 0 Å². The lowest BCUT2D eigenvalue weighted by Gasteiger charge is -2.10. The van der Waals surface area contributed by atoms with Crippen LogP contribution in [0.1, 0.15) is 20.3 Å². The quantitative estimate of drug-likeness (QED) is 0.614. The number of para-hydroxylation sites is 1. The number of thioether (sulfide) groups is 2. The molecule has 0 spiro atoms. The van der Waals surface area contributed by atoms with Gasteiger partial charge in [0.25, 0.3) is 0 Å². The number of carbonyl (C=O) groups excluding carboxylic acids is 1. The molecule has 3 nitrogen and oxygen atoms in total. The van der Waals surface area contributed by atoms with Crippen LogP contribution in [0.5, 0.6) is 0 Å². The Morgan fingerprint density at radius 3 is 2.84 bits per heavy atom. The van der Waals surface area contributed by atoms with E-state index in [-0.39, 0.29) is 5.91 Å². The lowest BCUT2D eigenvalue weighted by Crippen LogP contribution is -2.15. The summed E-state index contributed by atoms with van der Waals surface area (Å²) in [6, 6.07) is 9.82. The number of nitrogens with zero attached hydrogens (tertiary/aromatic N) is 1. The highest BCUT2D eigenvalue weighted by molar-refractivity contribution is 8.00. The second kappa shape index (κ2) is 8.89. The van der Waals surface area contributed by atoms with Crippen LogP contribution in [0.25, 0.3) is 0 Å². The average Bonchev–Trinajstić information content (AvgIpc) is 2.39. The molecule has 0 aliphatic heterocycles. The predicted octanol–water partition coefficient (Wildman–Crippen LogP) is 3.77. The van der Waals surface area contributed by atoms with Crippen molar-refractivity contribution in [2.24, 2.45) is 0 Å². The summed E-state index contributed by atoms with van der Waals surface area (Å²) in [6.07, 6.45) is 0.510. The van der Waals surface area contributed by atoms with Gasteiger partial charge in [0.15, 0.2) is 0 Å². The predicted molar refractivity (Wildman–Crippen MR) is 83.6 cm³/mol. The van der Waals surface area contributed by atoms with Gasteiger partial charge in [-0.25, -0.2) is 0 Å². The molecule has 1 aromatic rings. The zero-order chi connectivity index (χ0) is 14.1. The van der Waals surface area contributed by atoms with E-state index in [1.54, 1.807) is 23.5 Å². The molecule has 0 radical (unpaired) electrons. The number of carbonyl (C=O) groups is 1. The molecule has 1 amide bonds. The molecule has 0 heterocycles. The first-order valence-electron chi connectivity index (χ1n) is 6.13. The third-order valence-corrected chi connectivity index (χ3v) is 4.35. The molecule has 1 aromatic carbocycles. The zero-order valence-corrected chi connectivity index (χ0v) is 12.8. The molecule has 0 aromatic heterocycles. The number of benzene rings is 1. The fraction of sp³-hybridized carbons (Fsp3) is 0.429. The van der Waals surface area contributed by atoms with Gasteiger partial charge >= 0.3 is 0 Å². The Morgan fingerprint density at radius 1 is 1.42 bits per heavy atom. The Morgan fingerprint density at radius 2 is 2.16 bits per heavy atom. The Bertz CT molecular complexity index is 455. The molecule has 0 atom stereocenters. The molecule has 0 unspecified atom stereocenters. The zero-order valence-electron chi connectivity index (χ0n) is 11.2. The molecule has 1 rings (SSSR count). The summed E-state index contributed by atoms with van der Waals surface area (Å²) in [7, 11) is 0. The first-order chi connectivity index (χ1) is 9.13. The van der Waals surface area contributed by atoms with Gasteiger partial charge in [-0.05, 0) is 17.4 Å². The van der Waals surface area contributed by atoms with Gasteiger partial charge in [0.2, 0.25) is 5.91 Å². The van der Waals surface area contributed by atoms with Crippen LogP contribution in [-0.4, -0.2) is 22.7 Å². The van der Waals surface area contributed by atoms with Crippen LogP contribution >= 0.6 is 23.5 Å². The van der Waals surface area contributed by atoms with E-state index in [2.05, 4.69) is 25.2 Å². The monoisotopic (exact) mass is 294 g/mol. The van der Waals surface area contributed by atoms with Gasteiger partial charge in [-0.1, -0.05) is 26.0 Å². The molecule has 0 bridgehead atoms. The summed E-state index contributed by atoms with van der Waals surface area (Å²) in [6.45, 7) is 4.15. The molecule has 0 saturated carbocycles. The van der Waals surface area contributed by atoms with Crippen LogP contribution in [0, 0.1) is 11.3 Å². The summed E-state index contributed by atoms with van der Waals surface area (Å²) in [4.78, 5) is 12.8. The molecule has 0 saturated heterocycles. The van der Waals surface area contributed by atoms with Gasteiger partial charge in [-0.2, -0.15) is 5.26 Å². The fourth-order valence-electron chi connectivity index (χ4n) is 1.33. The molecule has 1 N–H and O–H groups in total. The van der Waals surface area contributed by atoms with Crippen LogP contribution in [0.2, 0.25) is 0 Å². The van der Waals surface area contributed by atoms with Gasteiger partial charge in [0, 0.05) is 17.1 Å². The van der Waals surface area contributed by atoms with E-state index < -0.39 is 0 Å². The largest absolute Gasteiger partial charge is 0.324 e. The van der Waals surface area contributed by atoms with E-state index >= 15 is 0 Å². The van der Waals surface area contributed by atoms with Crippen molar-refractivity contribution in [1.29, 1.82) is 5.26 Å². The van der Waals surface area contributed by atoms with E-state index in [4.69, 9.17) is 5.26 Å². The molecular weight excluding hydrogens is 276 g/mol. The van der Waals surface area contributed by atoms with E-state index in [0.29, 0.717) is 17.4 Å². The van der Waals surface area contributed by atoms with E-state index in [1.807, 2.05) is 24.3 Å². The third kappa shape index (κ3) is 6.55. The lowest BCUT2D eigenvalue weighted by molar-refractivity contribution is -0.113. The van der Waals surface area contributed by atoms with Crippen molar-refractivity contribution in [3.63, 3.8) is 0 Å². The summed E-state index contributed by atoms with van der Waals surface area (Å²) in [5.74, 6) is 1.23. The fourth-order valence-corrected chi connectivity index (χ4v) is 2.75. The summed E-state index contributed by atoms with van der Waals surface area (Å²) >= 11 is 3.22. The molecule has 5 heteroatoms. The van der Waals surface area contributed by atoms with Crippen LogP contribution < -0.4 is 5.32 Å². The highest BCUT2D eigenvalue weighted by Crippen LogP contribution is 2.27. The van der Waals surface area contributed by atoms with Gasteiger partial charge in [0.05, 0.1) is 17.5 Å². The second-order valence-corrected chi connectivity index (χ2v) is 6.86. The smallest absolute Gasteiger partial charge is 0.234 e. The molecule has 19 heavy (non-hydrogen) atoms. The number of amides is 1. The molecule has 0 aliphatic carbocycles. The minimum atomic E-state index is 0.0204. The Kier molecular flexibility index (Phi) is 7.46. The number of hydrogen-bond donors (Lipinski definition) is 1. The highest BCUT2D eigenvalue weighted by atomic mass is 32.2. The number of rotatable bonds is 7. The van der Waals surface area contributed by atoms with Crippen molar-refractivity contribution in [2.45, 2.75) is 30.4 Å². The van der Waals surface area contributed by atoms with Crippen LogP contribution in [0.4, 0.5) is 5.69 Å². The van der Waals surface area contributed by atoms with Crippen molar-refractivity contribution < 1.29 is 4.79 Å². The summed E-state index contributed by atoms with van der Waals surface area (Å²) < 4.78 is 0. The number of nitrogens with one attached hydrogen (secondary N) is 1. The molecule has 102 valence electrons. The minimum absolute atomic E-state index is 0.0204. The summed E-state index contributed by atoms with van der Waals surface area (Å²) in [5.41, 5.74) is 0.833. The van der Waals surface area contributed by atoms with Crippen LogP contribution in [0.3, 0.4) is 0 Å². The molecule has 0 fully saturated rings. The first-order valence-corrected chi connectivity index (χ1v) is 8.17. The number of anilines is 1. The Balaban J connectivity index is 2.57. The van der Waals surface area contributed by atoms with Crippen molar-refractivity contribution in [3.05, 3.63) is 24.3 Å². The van der Waals surface area contributed by atoms with Crippen molar-refractivity contribution in [1.82, 2.24) is 0 Å². The SMILES string of the molecule is CC(C)SCC(=O)Nc1ccccc1SCCC#N. The maximum absolute atomic E-state index is 11.8. The summed E-state index contributed by atoms with van der Waals surface area (Å²) in [5, 5.41) is 11.9. The second-order valence-electron chi connectivity index (χ2n) is 4.16. The maximum atomic E-state index is 11.8. The van der Waals surface area contributed by atoms with E-state index in [0.717, 1.165) is 16.3 Å². The third-order valence-electron chi connectivity index (χ3n) is 2.18. The minimum Gasteiger partial charge on any atom is -0.324 e. The van der Waals surface area contributed by atoms with Gasteiger partial charge < -0.3 is 5.32 Å². The topological polar surface area (TPSA) is 52.9 Å². The number of nitriles is 1. The maximum Gasteiger partial charge on any atom is 0.234 e. The lowest BCUT2D eigenvalue weighted by atomic mass is 10.3. The van der Waals surface area contributed by atoms with Crippen LogP contribution in [0.15, 0.2) is 29.2 Å². The average molecular weight is 294 g/mol. The van der Waals surface area contributed by atoms with E-state index in [9.17, 15) is 4.79 Å². The molecule has 0 aliphatic rings. The van der Waals surface area contributed by atoms with Gasteiger partial charge in [-0.3, -0.25) is 4.79 Å². The van der Waals surface area contributed by atoms with Gasteiger partial charge in [-0.15, -0.1) is 23.5 Å². The van der Waals surface area contributed by atoms with Crippen molar-refractivity contribution >= 4 is 35.1 Å². The standard InChI is InChI=1S/C14H18N2OS2/c1-11(2)19-10-14(17)16-12-6-3-4-7-13(12)18-9-5-8-15/h3-4,6-7,11H,5,9-10H2,1-2H3,(H,16,17). The Labute approximate surface area is 123 Å². The highest BCUT2D eigenvalue weighted by Gasteiger charge is 2.07. The van der Waals surface area contributed by atoms with Crippen molar-refractivity contribution in [2.75, 3.05) is 16.8 Å².